The van der Waals surface area contributed by atoms with Gasteiger partial charge in [-0.1, -0.05) is 29.3 Å². The number of nitrogens with zero attached hydrogens (tertiary/aromatic N) is 3. The van der Waals surface area contributed by atoms with Crippen molar-refractivity contribution in [3.63, 3.8) is 0 Å². The van der Waals surface area contributed by atoms with Crippen LogP contribution in [0.15, 0.2) is 30.3 Å². The summed E-state index contributed by atoms with van der Waals surface area (Å²) < 4.78 is 127. The van der Waals surface area contributed by atoms with Gasteiger partial charge in [-0.25, -0.2) is 4.79 Å². The molecular weight excluding hydrogens is 720 g/mol. The molecule has 270 valence electrons. The Morgan fingerprint density at radius 1 is 0.857 bits per heavy atom. The van der Waals surface area contributed by atoms with Crippen molar-refractivity contribution in [3.8, 4) is 5.75 Å². The number of carbonyl (C=O) groups excluding carboxylic acids is 3. The third kappa shape index (κ3) is 8.39. The molecule has 0 aromatic heterocycles. The number of likely N-dealkylation sites (N-methyl/N-ethyl adjacent to an activating group) is 1. The first-order valence-corrected chi connectivity index (χ1v) is 15.4. The summed E-state index contributed by atoms with van der Waals surface area (Å²) in [5.74, 6) is -8.21. The molecule has 18 heteroatoms. The second kappa shape index (κ2) is 13.5. The highest BCUT2D eigenvalue weighted by Crippen LogP contribution is 2.44. The number of amides is 2. The van der Waals surface area contributed by atoms with Crippen molar-refractivity contribution in [3.05, 3.63) is 62.6 Å². The van der Waals surface area contributed by atoms with E-state index >= 15 is 0 Å². The Hall–Kier alpha value is -3.24. The fourth-order valence-corrected chi connectivity index (χ4v) is 6.18. The van der Waals surface area contributed by atoms with Gasteiger partial charge in [0, 0.05) is 50.7 Å². The molecule has 2 aromatic carbocycles. The normalized spacial score (nSPS) is 19.8. The van der Waals surface area contributed by atoms with Gasteiger partial charge in [0.1, 0.15) is 0 Å². The summed E-state index contributed by atoms with van der Waals surface area (Å²) in [6.45, 7) is 6.90. The number of rotatable bonds is 5. The van der Waals surface area contributed by atoms with Crippen LogP contribution in [0.1, 0.15) is 60.2 Å². The number of esters is 1. The Kier molecular flexibility index (Phi) is 10.6. The lowest BCUT2D eigenvalue weighted by Crippen LogP contribution is -2.62. The molecule has 0 bridgehead atoms. The molecule has 2 aromatic rings. The smallest absolute Gasteiger partial charge is 0.418 e. The summed E-state index contributed by atoms with van der Waals surface area (Å²) in [7, 11) is 1.03. The second-order valence-corrected chi connectivity index (χ2v) is 13.7. The van der Waals surface area contributed by atoms with Crippen LogP contribution in [0.3, 0.4) is 0 Å². The van der Waals surface area contributed by atoms with Crippen LogP contribution in [0.2, 0.25) is 10.0 Å². The van der Waals surface area contributed by atoms with E-state index in [4.69, 9.17) is 23.2 Å². The van der Waals surface area contributed by atoms with Crippen LogP contribution in [0.4, 0.5) is 39.5 Å². The van der Waals surface area contributed by atoms with E-state index in [1.54, 1.807) is 0 Å². The van der Waals surface area contributed by atoms with E-state index < -0.39 is 70.9 Å². The van der Waals surface area contributed by atoms with Crippen LogP contribution in [0, 0.1) is 5.92 Å². The van der Waals surface area contributed by atoms with Crippen LogP contribution in [-0.2, 0) is 21.9 Å². The van der Waals surface area contributed by atoms with Crippen molar-refractivity contribution in [2.75, 3.05) is 33.2 Å². The highest BCUT2D eigenvalue weighted by molar-refractivity contribution is 6.42. The van der Waals surface area contributed by atoms with Gasteiger partial charge in [0.15, 0.2) is 5.75 Å². The van der Waals surface area contributed by atoms with Crippen molar-refractivity contribution >= 4 is 41.0 Å². The summed E-state index contributed by atoms with van der Waals surface area (Å²) in [6, 6.07) is 2.68. The number of hydrogen-bond donors (Lipinski definition) is 0. The molecule has 0 unspecified atom stereocenters. The van der Waals surface area contributed by atoms with Gasteiger partial charge in [-0.3, -0.25) is 14.5 Å². The molecule has 2 aliphatic rings. The van der Waals surface area contributed by atoms with Gasteiger partial charge in [0.2, 0.25) is 5.91 Å². The van der Waals surface area contributed by atoms with Crippen molar-refractivity contribution < 1.29 is 58.6 Å². The average molecular weight is 750 g/mol. The number of hydrogen-bond acceptors (Lipinski definition) is 5. The Balaban J connectivity index is 1.76. The monoisotopic (exact) mass is 749 g/mol. The molecule has 7 nitrogen and oxygen atoms in total. The first kappa shape index (κ1) is 38.6. The maximum absolute atomic E-state index is 14.0. The van der Waals surface area contributed by atoms with Crippen LogP contribution in [0.5, 0.6) is 5.75 Å². The third-order valence-electron chi connectivity index (χ3n) is 8.64. The van der Waals surface area contributed by atoms with Gasteiger partial charge in [0.25, 0.3) is 5.91 Å². The van der Waals surface area contributed by atoms with Crippen LogP contribution in [-0.4, -0.2) is 83.5 Å². The maximum atomic E-state index is 14.0. The Labute approximate surface area is 284 Å². The number of likely N-dealkylation sites (tertiary alicyclic amines) is 2. The van der Waals surface area contributed by atoms with E-state index in [1.165, 1.54) is 23.1 Å². The molecule has 49 heavy (non-hydrogen) atoms. The van der Waals surface area contributed by atoms with Crippen molar-refractivity contribution in [1.82, 2.24) is 14.7 Å². The summed E-state index contributed by atoms with van der Waals surface area (Å²) in [6.07, 6.45) is -17.2. The zero-order valence-electron chi connectivity index (χ0n) is 26.3. The van der Waals surface area contributed by atoms with Crippen LogP contribution in [0.25, 0.3) is 0 Å². The Morgan fingerprint density at radius 3 is 1.98 bits per heavy atom. The molecule has 2 saturated heterocycles. The molecule has 2 aliphatic heterocycles. The minimum atomic E-state index is -5.86. The minimum Gasteiger partial charge on any atom is -0.418 e. The lowest BCUT2D eigenvalue weighted by Gasteiger charge is -2.49. The van der Waals surface area contributed by atoms with E-state index in [-0.39, 0.29) is 53.0 Å². The first-order chi connectivity index (χ1) is 22.3. The highest BCUT2D eigenvalue weighted by atomic mass is 35.5. The summed E-state index contributed by atoms with van der Waals surface area (Å²) in [4.78, 5) is 43.4. The zero-order valence-corrected chi connectivity index (χ0v) is 27.8. The molecule has 0 saturated carbocycles. The molecule has 0 aliphatic carbocycles. The van der Waals surface area contributed by atoms with Crippen LogP contribution >= 0.6 is 23.2 Å². The standard InChI is InChI=1S/C31H30Cl2F9N3O4/c1-28(2,3)45-12-16(13-45)25(46)44-8-7-23(19(14-44)15-5-6-21(32)22(33)9-15)43(4)26(47)18-10-17(29(34,35)36)11-20(30(37,38)39)24(18)49-27(48)31(40,41)42/h5-6,9-11,16,19,23H,7-8,12-14H2,1-4H3/t19-,23+/m0/s1. The van der Waals surface area contributed by atoms with Gasteiger partial charge < -0.3 is 14.5 Å². The van der Waals surface area contributed by atoms with Gasteiger partial charge in [-0.05, 0) is 57.0 Å². The molecule has 4 rings (SSSR count). The van der Waals surface area contributed by atoms with E-state index in [9.17, 15) is 53.9 Å². The van der Waals surface area contributed by atoms with E-state index in [1.807, 2.05) is 20.8 Å². The fraction of sp³-hybridized carbons (Fsp3) is 0.516. The lowest BCUT2D eigenvalue weighted by molar-refractivity contribution is -0.190. The fourth-order valence-electron chi connectivity index (χ4n) is 5.88. The summed E-state index contributed by atoms with van der Waals surface area (Å²) in [5, 5.41) is 0.218. The number of ether oxygens (including phenoxy) is 1. The number of piperidine rings is 1. The quantitative estimate of drug-likeness (QED) is 0.178. The maximum Gasteiger partial charge on any atom is 0.491 e. The Morgan fingerprint density at radius 2 is 1.47 bits per heavy atom. The molecule has 2 heterocycles. The third-order valence-corrected chi connectivity index (χ3v) is 9.37. The number of benzene rings is 2. The molecule has 2 fully saturated rings. The highest BCUT2D eigenvalue weighted by Gasteiger charge is 2.48. The predicted octanol–water partition coefficient (Wildman–Crippen LogP) is 7.69. The van der Waals surface area contributed by atoms with Gasteiger partial charge >= 0.3 is 24.5 Å². The second-order valence-electron chi connectivity index (χ2n) is 12.9. The van der Waals surface area contributed by atoms with Crippen LogP contribution < -0.4 is 4.74 Å². The Bertz CT molecular complexity index is 1620. The van der Waals surface area contributed by atoms with E-state index in [2.05, 4.69) is 9.64 Å². The lowest BCUT2D eigenvalue weighted by atomic mass is 9.83. The van der Waals surface area contributed by atoms with E-state index in [0.717, 1.165) is 11.9 Å². The molecule has 0 radical (unpaired) electrons. The molecule has 2 amide bonds. The van der Waals surface area contributed by atoms with Crippen molar-refractivity contribution in [1.29, 1.82) is 0 Å². The first-order valence-electron chi connectivity index (χ1n) is 14.7. The number of halogens is 11. The predicted molar refractivity (Wildman–Crippen MR) is 159 cm³/mol. The topological polar surface area (TPSA) is 70.2 Å². The molecule has 2 atom stereocenters. The summed E-state index contributed by atoms with van der Waals surface area (Å²) in [5.41, 5.74) is -5.79. The zero-order chi connectivity index (χ0) is 37.0. The van der Waals surface area contributed by atoms with Gasteiger partial charge in [0.05, 0.1) is 32.7 Å². The van der Waals surface area contributed by atoms with Gasteiger partial charge in [-0.2, -0.15) is 39.5 Å². The number of alkyl halides is 9. The van der Waals surface area contributed by atoms with Crippen molar-refractivity contribution in [2.45, 2.75) is 63.2 Å². The largest absolute Gasteiger partial charge is 0.491 e. The summed E-state index contributed by atoms with van der Waals surface area (Å²) >= 11 is 12.3. The average Bonchev–Trinajstić information content (AvgIpc) is 2.94. The van der Waals surface area contributed by atoms with E-state index in [0.29, 0.717) is 18.7 Å². The number of carbonyl (C=O) groups is 3. The SMILES string of the molecule is CN(C(=O)c1cc(C(F)(F)F)cc(C(F)(F)F)c1OC(=O)C(F)(F)F)[C@@H]1CCN(C(=O)C2CN(C(C)(C)C)C2)C[C@H]1c1ccc(Cl)c(Cl)c1. The van der Waals surface area contributed by atoms with Crippen molar-refractivity contribution in [2.24, 2.45) is 5.92 Å². The molecular formula is C31H30Cl2F9N3O4. The van der Waals surface area contributed by atoms with Gasteiger partial charge in [-0.15, -0.1) is 0 Å². The minimum absolute atomic E-state index is 0.0251. The molecule has 0 spiro atoms. The molecule has 0 N–H and O–H groups in total.